The number of benzene rings is 1. The number of hydrogen-bond donors (Lipinski definition) is 1. The van der Waals surface area contributed by atoms with Gasteiger partial charge in [0, 0.05) is 17.5 Å². The molecule has 2 nitrogen and oxygen atoms in total. The molecule has 1 aromatic carbocycles. The first-order valence-electron chi connectivity index (χ1n) is 5.58. The fourth-order valence-corrected chi connectivity index (χ4v) is 1.69. The van der Waals surface area contributed by atoms with Gasteiger partial charge < -0.3 is 10.2 Å². The lowest BCUT2D eigenvalue weighted by Gasteiger charge is -2.15. The first-order chi connectivity index (χ1) is 7.94. The molecule has 2 aromatic rings. The molecule has 2 N–H and O–H groups in total. The van der Waals surface area contributed by atoms with Gasteiger partial charge in [0.1, 0.15) is 17.3 Å². The molecule has 3 heteroatoms. The Morgan fingerprint density at radius 2 is 1.76 bits per heavy atom. The second kappa shape index (κ2) is 4.34. The fourth-order valence-electron chi connectivity index (χ4n) is 1.69. The number of halogens is 1. The average molecular weight is 233 g/mol. The molecule has 17 heavy (non-hydrogen) atoms. The number of furan rings is 1. The van der Waals surface area contributed by atoms with Gasteiger partial charge in [-0.25, -0.2) is 4.39 Å². The Bertz CT molecular complexity index is 494. The number of hydrogen-bond acceptors (Lipinski definition) is 2. The van der Waals surface area contributed by atoms with Gasteiger partial charge >= 0.3 is 0 Å². The molecule has 0 bridgehead atoms. The fraction of sp³-hybridized carbons (Fsp3) is 0.286. The Morgan fingerprint density at radius 3 is 2.35 bits per heavy atom. The molecular formula is C14H16FNO. The molecule has 0 saturated carbocycles. The zero-order valence-electron chi connectivity index (χ0n) is 10.0. The van der Waals surface area contributed by atoms with E-state index in [1.807, 2.05) is 26.0 Å². The van der Waals surface area contributed by atoms with Gasteiger partial charge in [0.2, 0.25) is 0 Å². The average Bonchev–Trinajstić information content (AvgIpc) is 2.64. The topological polar surface area (TPSA) is 39.2 Å². The van der Waals surface area contributed by atoms with E-state index >= 15 is 0 Å². The standard InChI is InChI=1S/C14H16FNO/c1-14(2,16)9-12-7-8-13(17-12)10-3-5-11(15)6-4-10/h3-8H,9,16H2,1-2H3. The predicted octanol–water partition coefficient (Wildman–Crippen LogP) is 3.37. The van der Waals surface area contributed by atoms with Crippen LogP contribution in [-0.4, -0.2) is 5.54 Å². The molecule has 0 aliphatic rings. The van der Waals surface area contributed by atoms with Gasteiger partial charge in [-0.1, -0.05) is 0 Å². The van der Waals surface area contributed by atoms with Crippen molar-refractivity contribution >= 4 is 0 Å². The van der Waals surface area contributed by atoms with Gasteiger partial charge in [-0.05, 0) is 50.2 Å². The van der Waals surface area contributed by atoms with Gasteiger partial charge in [0.05, 0.1) is 0 Å². The van der Waals surface area contributed by atoms with E-state index in [0.717, 1.165) is 17.1 Å². The Kier molecular flexibility index (Phi) is 3.03. The van der Waals surface area contributed by atoms with Crippen molar-refractivity contribution in [1.29, 1.82) is 0 Å². The van der Waals surface area contributed by atoms with Crippen LogP contribution < -0.4 is 5.73 Å². The Hall–Kier alpha value is -1.61. The monoisotopic (exact) mass is 233 g/mol. The Balaban J connectivity index is 2.21. The van der Waals surface area contributed by atoms with Crippen LogP contribution in [0.4, 0.5) is 4.39 Å². The Labute approximate surface area is 100 Å². The molecule has 0 amide bonds. The second-order valence-corrected chi connectivity index (χ2v) is 4.94. The van der Waals surface area contributed by atoms with Crippen LogP contribution in [0.3, 0.4) is 0 Å². The molecule has 2 rings (SSSR count). The van der Waals surface area contributed by atoms with E-state index in [4.69, 9.17) is 10.2 Å². The molecule has 0 spiro atoms. The van der Waals surface area contributed by atoms with Crippen LogP contribution in [0.15, 0.2) is 40.8 Å². The van der Waals surface area contributed by atoms with Crippen LogP contribution in [0.1, 0.15) is 19.6 Å². The maximum Gasteiger partial charge on any atom is 0.134 e. The highest BCUT2D eigenvalue weighted by molar-refractivity contribution is 5.57. The van der Waals surface area contributed by atoms with Crippen LogP contribution >= 0.6 is 0 Å². The van der Waals surface area contributed by atoms with E-state index in [2.05, 4.69) is 0 Å². The zero-order valence-corrected chi connectivity index (χ0v) is 10.0. The van der Waals surface area contributed by atoms with Crippen LogP contribution in [0.5, 0.6) is 0 Å². The van der Waals surface area contributed by atoms with Crippen molar-refractivity contribution in [2.24, 2.45) is 5.73 Å². The smallest absolute Gasteiger partial charge is 0.134 e. The third-order valence-corrected chi connectivity index (χ3v) is 2.42. The van der Waals surface area contributed by atoms with Gasteiger partial charge in [-0.2, -0.15) is 0 Å². The molecule has 1 heterocycles. The summed E-state index contributed by atoms with van der Waals surface area (Å²) in [6, 6.07) is 10.0. The van der Waals surface area contributed by atoms with E-state index < -0.39 is 0 Å². The minimum Gasteiger partial charge on any atom is -0.461 e. The SMILES string of the molecule is CC(C)(N)Cc1ccc(-c2ccc(F)cc2)o1. The van der Waals surface area contributed by atoms with E-state index in [-0.39, 0.29) is 11.4 Å². The quantitative estimate of drug-likeness (QED) is 0.882. The lowest BCUT2D eigenvalue weighted by molar-refractivity contribution is 0.436. The molecule has 1 aromatic heterocycles. The lowest BCUT2D eigenvalue weighted by atomic mass is 10.0. The summed E-state index contributed by atoms with van der Waals surface area (Å²) in [4.78, 5) is 0. The van der Waals surface area contributed by atoms with Crippen LogP contribution in [-0.2, 0) is 6.42 Å². The van der Waals surface area contributed by atoms with E-state index in [9.17, 15) is 4.39 Å². The van der Waals surface area contributed by atoms with Crippen molar-refractivity contribution in [3.63, 3.8) is 0 Å². The van der Waals surface area contributed by atoms with Gasteiger partial charge in [-0.15, -0.1) is 0 Å². The molecule has 0 radical (unpaired) electrons. The van der Waals surface area contributed by atoms with Gasteiger partial charge in [0.15, 0.2) is 0 Å². The molecule has 0 unspecified atom stereocenters. The van der Waals surface area contributed by atoms with Crippen LogP contribution in [0.25, 0.3) is 11.3 Å². The van der Waals surface area contributed by atoms with Crippen LogP contribution in [0, 0.1) is 5.82 Å². The molecule has 0 saturated heterocycles. The summed E-state index contributed by atoms with van der Waals surface area (Å²) in [6.45, 7) is 3.90. The van der Waals surface area contributed by atoms with E-state index in [1.165, 1.54) is 12.1 Å². The number of rotatable bonds is 3. The zero-order chi connectivity index (χ0) is 12.5. The van der Waals surface area contributed by atoms with E-state index in [0.29, 0.717) is 6.42 Å². The van der Waals surface area contributed by atoms with Crippen molar-refractivity contribution in [2.45, 2.75) is 25.8 Å². The van der Waals surface area contributed by atoms with Crippen molar-refractivity contribution in [3.05, 3.63) is 48.0 Å². The highest BCUT2D eigenvalue weighted by Crippen LogP contribution is 2.23. The summed E-state index contributed by atoms with van der Waals surface area (Å²) < 4.78 is 18.5. The van der Waals surface area contributed by atoms with E-state index in [1.54, 1.807) is 12.1 Å². The largest absolute Gasteiger partial charge is 0.461 e. The third-order valence-electron chi connectivity index (χ3n) is 2.42. The predicted molar refractivity (Wildman–Crippen MR) is 66.1 cm³/mol. The lowest BCUT2D eigenvalue weighted by Crippen LogP contribution is -2.34. The first kappa shape index (κ1) is 11.9. The van der Waals surface area contributed by atoms with Crippen molar-refractivity contribution < 1.29 is 8.81 Å². The molecule has 0 atom stereocenters. The summed E-state index contributed by atoms with van der Waals surface area (Å²) in [5.74, 6) is 1.34. The first-order valence-corrected chi connectivity index (χ1v) is 5.58. The summed E-state index contributed by atoms with van der Waals surface area (Å²) in [5.41, 5.74) is 6.50. The van der Waals surface area contributed by atoms with Crippen molar-refractivity contribution in [1.82, 2.24) is 0 Å². The highest BCUT2D eigenvalue weighted by Gasteiger charge is 2.14. The summed E-state index contributed by atoms with van der Waals surface area (Å²) >= 11 is 0. The maximum atomic E-state index is 12.8. The molecule has 0 fully saturated rings. The van der Waals surface area contributed by atoms with Gasteiger partial charge in [0.25, 0.3) is 0 Å². The molecule has 90 valence electrons. The van der Waals surface area contributed by atoms with Crippen molar-refractivity contribution in [3.8, 4) is 11.3 Å². The molecule has 0 aliphatic heterocycles. The Morgan fingerprint density at radius 1 is 1.12 bits per heavy atom. The van der Waals surface area contributed by atoms with Crippen LogP contribution in [0.2, 0.25) is 0 Å². The minimum absolute atomic E-state index is 0.247. The second-order valence-electron chi connectivity index (χ2n) is 4.94. The van der Waals surface area contributed by atoms with Gasteiger partial charge in [-0.3, -0.25) is 0 Å². The third kappa shape index (κ3) is 3.17. The number of nitrogens with two attached hydrogens (primary N) is 1. The summed E-state index contributed by atoms with van der Waals surface area (Å²) in [5, 5.41) is 0. The maximum absolute atomic E-state index is 12.8. The summed E-state index contributed by atoms with van der Waals surface area (Å²) in [6.07, 6.45) is 0.675. The molecular weight excluding hydrogens is 217 g/mol. The molecule has 0 aliphatic carbocycles. The summed E-state index contributed by atoms with van der Waals surface area (Å²) in [7, 11) is 0. The minimum atomic E-state index is -0.294. The normalized spacial score (nSPS) is 11.8. The highest BCUT2D eigenvalue weighted by atomic mass is 19.1. The van der Waals surface area contributed by atoms with Crippen molar-refractivity contribution in [2.75, 3.05) is 0 Å².